The molecule has 2 rings (SSSR count). The monoisotopic (exact) mass is 274 g/mol. The lowest BCUT2D eigenvalue weighted by molar-refractivity contribution is 0.173. The van der Waals surface area contributed by atoms with Gasteiger partial charge in [-0.3, -0.25) is 0 Å². The van der Waals surface area contributed by atoms with E-state index < -0.39 is 6.10 Å². The van der Waals surface area contributed by atoms with Gasteiger partial charge in [0, 0.05) is 18.2 Å². The quantitative estimate of drug-likeness (QED) is 0.871. The molecule has 1 aromatic carbocycles. The Morgan fingerprint density at radius 2 is 2.05 bits per heavy atom. The molecule has 1 atom stereocenters. The van der Waals surface area contributed by atoms with Crippen LogP contribution in [0.4, 0.5) is 5.82 Å². The van der Waals surface area contributed by atoms with Gasteiger partial charge in [0.25, 0.3) is 0 Å². The molecule has 5 heteroatoms. The highest BCUT2D eigenvalue weighted by Gasteiger charge is 2.16. The smallest absolute Gasteiger partial charge is 0.126 e. The molecule has 0 fully saturated rings. The molecule has 0 bridgehead atoms. The summed E-state index contributed by atoms with van der Waals surface area (Å²) in [6, 6.07) is 8.95. The van der Waals surface area contributed by atoms with E-state index in [0.717, 1.165) is 5.56 Å². The van der Waals surface area contributed by atoms with E-state index in [1.165, 1.54) is 0 Å². The number of anilines is 1. The van der Waals surface area contributed by atoms with Gasteiger partial charge in [-0.15, -0.1) is 0 Å². The fraction of sp³-hybridized carbons (Fsp3) is 0.267. The fourth-order valence-corrected chi connectivity index (χ4v) is 2.04. The zero-order valence-electron chi connectivity index (χ0n) is 11.5. The van der Waals surface area contributed by atoms with Gasteiger partial charge in [0.15, 0.2) is 0 Å². The van der Waals surface area contributed by atoms with Gasteiger partial charge in [0.05, 0.1) is 20.3 Å². The van der Waals surface area contributed by atoms with Crippen molar-refractivity contribution in [1.82, 2.24) is 4.98 Å². The van der Waals surface area contributed by atoms with Crippen molar-refractivity contribution in [2.24, 2.45) is 0 Å². The SMILES string of the molecule is COc1ccc(OC)c(C(O)Cc2cccnc2N)c1. The molecule has 1 heterocycles. The van der Waals surface area contributed by atoms with Crippen molar-refractivity contribution in [1.29, 1.82) is 0 Å². The summed E-state index contributed by atoms with van der Waals surface area (Å²) < 4.78 is 10.4. The minimum absolute atomic E-state index is 0.364. The van der Waals surface area contributed by atoms with Crippen LogP contribution < -0.4 is 15.2 Å². The van der Waals surface area contributed by atoms with E-state index in [1.54, 1.807) is 44.7 Å². The van der Waals surface area contributed by atoms with Gasteiger partial charge in [-0.2, -0.15) is 0 Å². The highest BCUT2D eigenvalue weighted by atomic mass is 16.5. The van der Waals surface area contributed by atoms with Crippen molar-refractivity contribution in [2.75, 3.05) is 20.0 Å². The van der Waals surface area contributed by atoms with Crippen LogP contribution in [-0.4, -0.2) is 24.3 Å². The first-order valence-corrected chi connectivity index (χ1v) is 6.25. The number of hydrogen-bond donors (Lipinski definition) is 2. The second kappa shape index (κ2) is 6.25. The maximum atomic E-state index is 10.4. The number of nitrogens with two attached hydrogens (primary N) is 1. The third-order valence-electron chi connectivity index (χ3n) is 3.14. The maximum absolute atomic E-state index is 10.4. The lowest BCUT2D eigenvalue weighted by Crippen LogP contribution is -2.07. The Morgan fingerprint density at radius 3 is 2.70 bits per heavy atom. The predicted octanol–water partition coefficient (Wildman–Crippen LogP) is 1.96. The molecule has 3 N–H and O–H groups in total. The van der Waals surface area contributed by atoms with Gasteiger partial charge in [-0.05, 0) is 29.8 Å². The fourth-order valence-electron chi connectivity index (χ4n) is 2.04. The molecular weight excluding hydrogens is 256 g/mol. The number of rotatable bonds is 5. The predicted molar refractivity (Wildman–Crippen MR) is 76.9 cm³/mol. The number of nitrogens with zero attached hydrogens (tertiary/aromatic N) is 1. The Balaban J connectivity index is 2.28. The van der Waals surface area contributed by atoms with E-state index >= 15 is 0 Å². The minimum atomic E-state index is -0.744. The highest BCUT2D eigenvalue weighted by Crippen LogP contribution is 2.31. The zero-order chi connectivity index (χ0) is 14.5. The number of pyridine rings is 1. The molecule has 2 aromatic rings. The molecule has 0 spiro atoms. The number of benzene rings is 1. The number of nitrogen functional groups attached to an aromatic ring is 1. The molecule has 5 nitrogen and oxygen atoms in total. The summed E-state index contributed by atoms with van der Waals surface area (Å²) in [6.45, 7) is 0. The minimum Gasteiger partial charge on any atom is -0.497 e. The summed E-state index contributed by atoms with van der Waals surface area (Å²) in [6.07, 6.45) is 1.24. The highest BCUT2D eigenvalue weighted by molar-refractivity contribution is 5.44. The molecule has 1 aromatic heterocycles. The second-order valence-electron chi connectivity index (χ2n) is 4.38. The lowest BCUT2D eigenvalue weighted by Gasteiger charge is -2.16. The molecule has 0 aliphatic carbocycles. The molecule has 0 saturated heterocycles. The van der Waals surface area contributed by atoms with Crippen LogP contribution in [0, 0.1) is 0 Å². The topological polar surface area (TPSA) is 77.6 Å². The van der Waals surface area contributed by atoms with E-state index in [1.807, 2.05) is 6.07 Å². The molecular formula is C15H18N2O3. The Bertz CT molecular complexity index is 587. The van der Waals surface area contributed by atoms with Crippen LogP contribution in [0.15, 0.2) is 36.5 Å². The number of aliphatic hydroxyl groups excluding tert-OH is 1. The van der Waals surface area contributed by atoms with E-state index in [0.29, 0.717) is 29.3 Å². The summed E-state index contributed by atoms with van der Waals surface area (Å²) in [5, 5.41) is 10.4. The van der Waals surface area contributed by atoms with Crippen LogP contribution in [0.2, 0.25) is 0 Å². The van der Waals surface area contributed by atoms with Crippen molar-refractivity contribution in [2.45, 2.75) is 12.5 Å². The second-order valence-corrected chi connectivity index (χ2v) is 4.38. The largest absolute Gasteiger partial charge is 0.497 e. The average Bonchev–Trinajstić information content (AvgIpc) is 2.48. The molecule has 0 aliphatic heterocycles. The van der Waals surface area contributed by atoms with Crippen LogP contribution in [-0.2, 0) is 6.42 Å². The molecule has 106 valence electrons. The Hall–Kier alpha value is -2.27. The first kappa shape index (κ1) is 14.1. The van der Waals surface area contributed by atoms with E-state index in [2.05, 4.69) is 4.98 Å². The van der Waals surface area contributed by atoms with Crippen LogP contribution in [0.5, 0.6) is 11.5 Å². The third kappa shape index (κ3) is 3.00. The van der Waals surface area contributed by atoms with Crippen molar-refractivity contribution in [3.05, 3.63) is 47.7 Å². The number of aliphatic hydroxyl groups is 1. The molecule has 0 aliphatic rings. The molecule has 0 amide bonds. The van der Waals surface area contributed by atoms with Crippen molar-refractivity contribution in [3.8, 4) is 11.5 Å². The number of hydrogen-bond acceptors (Lipinski definition) is 5. The van der Waals surface area contributed by atoms with Crippen LogP contribution in [0.3, 0.4) is 0 Å². The maximum Gasteiger partial charge on any atom is 0.126 e. The standard InChI is InChI=1S/C15H18N2O3/c1-19-11-5-6-14(20-2)12(9-11)13(18)8-10-4-3-7-17-15(10)16/h3-7,9,13,18H,8H2,1-2H3,(H2,16,17). The Labute approximate surface area is 118 Å². The van der Waals surface area contributed by atoms with Gasteiger partial charge >= 0.3 is 0 Å². The molecule has 1 unspecified atom stereocenters. The Morgan fingerprint density at radius 1 is 1.25 bits per heavy atom. The van der Waals surface area contributed by atoms with Gasteiger partial charge in [-0.25, -0.2) is 4.98 Å². The zero-order valence-corrected chi connectivity index (χ0v) is 11.5. The van der Waals surface area contributed by atoms with Crippen LogP contribution in [0.1, 0.15) is 17.2 Å². The molecule has 0 radical (unpaired) electrons. The lowest BCUT2D eigenvalue weighted by atomic mass is 10.0. The van der Waals surface area contributed by atoms with E-state index in [-0.39, 0.29) is 0 Å². The summed E-state index contributed by atoms with van der Waals surface area (Å²) in [4.78, 5) is 4.01. The van der Waals surface area contributed by atoms with Gasteiger partial charge in [0.1, 0.15) is 17.3 Å². The van der Waals surface area contributed by atoms with Gasteiger partial charge in [-0.1, -0.05) is 6.07 Å². The van der Waals surface area contributed by atoms with Crippen molar-refractivity contribution >= 4 is 5.82 Å². The number of aromatic nitrogens is 1. The van der Waals surface area contributed by atoms with Crippen molar-refractivity contribution < 1.29 is 14.6 Å². The van der Waals surface area contributed by atoms with Gasteiger partial charge < -0.3 is 20.3 Å². The van der Waals surface area contributed by atoms with Crippen LogP contribution in [0.25, 0.3) is 0 Å². The van der Waals surface area contributed by atoms with Crippen LogP contribution >= 0.6 is 0 Å². The number of methoxy groups -OCH3 is 2. The average molecular weight is 274 g/mol. The Kier molecular flexibility index (Phi) is 4.42. The third-order valence-corrected chi connectivity index (χ3v) is 3.14. The molecule has 20 heavy (non-hydrogen) atoms. The first-order chi connectivity index (χ1) is 9.65. The normalized spacial score (nSPS) is 11.9. The van der Waals surface area contributed by atoms with E-state index in [9.17, 15) is 5.11 Å². The van der Waals surface area contributed by atoms with Crippen molar-refractivity contribution in [3.63, 3.8) is 0 Å². The summed E-state index contributed by atoms with van der Waals surface area (Å²) in [7, 11) is 3.15. The summed E-state index contributed by atoms with van der Waals surface area (Å²) in [5.41, 5.74) is 7.25. The summed E-state index contributed by atoms with van der Waals surface area (Å²) in [5.74, 6) is 1.70. The first-order valence-electron chi connectivity index (χ1n) is 6.25. The van der Waals surface area contributed by atoms with E-state index in [4.69, 9.17) is 15.2 Å². The van der Waals surface area contributed by atoms with Gasteiger partial charge in [0.2, 0.25) is 0 Å². The summed E-state index contributed by atoms with van der Waals surface area (Å²) >= 11 is 0. The number of ether oxygens (including phenoxy) is 2. The molecule has 0 saturated carbocycles.